The lowest BCUT2D eigenvalue weighted by molar-refractivity contribution is 0.311. The summed E-state index contributed by atoms with van der Waals surface area (Å²) < 4.78 is 43.0. The van der Waals surface area contributed by atoms with E-state index in [-0.39, 0.29) is 11.3 Å². The van der Waals surface area contributed by atoms with Gasteiger partial charge in [-0.1, -0.05) is 31.0 Å². The van der Waals surface area contributed by atoms with Gasteiger partial charge >= 0.3 is 0 Å². The molecule has 0 aliphatic heterocycles. The summed E-state index contributed by atoms with van der Waals surface area (Å²) in [4.78, 5) is 0.0509. The molecule has 0 bridgehead atoms. The van der Waals surface area contributed by atoms with E-state index in [1.54, 1.807) is 19.1 Å². The van der Waals surface area contributed by atoms with Crippen LogP contribution >= 0.6 is 0 Å². The summed E-state index contributed by atoms with van der Waals surface area (Å²) in [5.74, 6) is 0. The van der Waals surface area contributed by atoms with Crippen LogP contribution in [0.2, 0.25) is 0 Å². The first-order valence-electron chi connectivity index (χ1n) is 5.73. The van der Waals surface area contributed by atoms with E-state index >= 15 is 0 Å². The Labute approximate surface area is 94.0 Å². The molecule has 0 aromatic heterocycles. The summed E-state index contributed by atoms with van der Waals surface area (Å²) >= 11 is 0. The summed E-state index contributed by atoms with van der Waals surface area (Å²) in [6, 6.07) is 6.24. The predicted octanol–water partition coefficient (Wildman–Crippen LogP) is 2.50. The zero-order valence-corrected chi connectivity index (χ0v) is 9.67. The number of aryl methyl sites for hydroxylation is 1. The molecule has 0 amide bonds. The van der Waals surface area contributed by atoms with Crippen LogP contribution in [0.1, 0.15) is 28.0 Å². The van der Waals surface area contributed by atoms with Gasteiger partial charge in [0.25, 0.3) is 10.1 Å². The lowest BCUT2D eigenvalue weighted by Gasteiger charge is -2.04. The minimum absolute atomic E-state index is 0.0509. The van der Waals surface area contributed by atoms with Crippen LogP contribution in [-0.4, -0.2) is 15.0 Å². The van der Waals surface area contributed by atoms with Gasteiger partial charge in [-0.05, 0) is 25.4 Å². The summed E-state index contributed by atoms with van der Waals surface area (Å²) in [6.45, 7) is 3.04. The zero-order chi connectivity index (χ0) is 13.1. The minimum Gasteiger partial charge on any atom is -0.266 e. The normalized spacial score (nSPS) is 14.5. The van der Waals surface area contributed by atoms with Gasteiger partial charge in [-0.25, -0.2) is 0 Å². The molecule has 3 nitrogen and oxygen atoms in total. The van der Waals surface area contributed by atoms with Crippen molar-refractivity contribution in [3.8, 4) is 0 Å². The van der Waals surface area contributed by atoms with Crippen molar-refractivity contribution in [1.82, 2.24) is 0 Å². The van der Waals surface area contributed by atoms with Crippen molar-refractivity contribution in [3.63, 3.8) is 0 Å². The van der Waals surface area contributed by atoms with E-state index in [4.69, 9.17) is 6.92 Å². The van der Waals surface area contributed by atoms with Gasteiger partial charge in [0.15, 0.2) is 0 Å². The molecule has 0 fully saturated rings. The third-order valence-electron chi connectivity index (χ3n) is 1.88. The average Bonchev–Trinajstić information content (AvgIpc) is 2.27. The van der Waals surface area contributed by atoms with E-state index in [1.807, 2.05) is 6.92 Å². The van der Waals surface area contributed by atoms with Crippen LogP contribution in [-0.2, 0) is 14.3 Å². The average molecular weight is 230 g/mol. The van der Waals surface area contributed by atoms with E-state index in [9.17, 15) is 8.42 Å². The van der Waals surface area contributed by atoms with Crippen LogP contribution in [0.5, 0.6) is 0 Å². The second kappa shape index (κ2) is 5.28. The van der Waals surface area contributed by atoms with Gasteiger partial charge in [0.2, 0.25) is 0 Å². The largest absolute Gasteiger partial charge is 0.296 e. The Morgan fingerprint density at radius 2 is 1.93 bits per heavy atom. The number of hydrogen-bond acceptors (Lipinski definition) is 3. The lowest BCUT2D eigenvalue weighted by Crippen LogP contribution is -2.07. The highest BCUT2D eigenvalue weighted by Crippen LogP contribution is 2.13. The molecule has 0 aliphatic carbocycles. The molecule has 0 heterocycles. The molecule has 0 unspecified atom stereocenters. The quantitative estimate of drug-likeness (QED) is 0.730. The van der Waals surface area contributed by atoms with Crippen molar-refractivity contribution in [3.05, 3.63) is 29.8 Å². The highest BCUT2D eigenvalue weighted by atomic mass is 32.2. The maximum Gasteiger partial charge on any atom is 0.296 e. The van der Waals surface area contributed by atoms with Crippen molar-refractivity contribution in [1.29, 1.82) is 0 Å². The molecule has 0 atom stereocenters. The molecule has 0 saturated heterocycles. The standard InChI is InChI=1S/C11H16O3S/c1-3-4-9-14-15(12,13)11-7-5-10(2)6-8-11/h5-8H,3-4,9H2,1-2H3/i4D2. The lowest BCUT2D eigenvalue weighted by atomic mass is 10.2. The molecule has 1 aromatic rings. The second-order valence-corrected chi connectivity index (χ2v) is 4.75. The van der Waals surface area contributed by atoms with E-state index in [0.717, 1.165) is 5.56 Å². The molecule has 1 aromatic carbocycles. The van der Waals surface area contributed by atoms with Crippen LogP contribution in [0, 0.1) is 6.92 Å². The maximum atomic E-state index is 11.7. The summed E-state index contributed by atoms with van der Waals surface area (Å²) in [5, 5.41) is 0. The topological polar surface area (TPSA) is 43.4 Å². The predicted molar refractivity (Wildman–Crippen MR) is 59.2 cm³/mol. The molecule has 4 heteroatoms. The third kappa shape index (κ3) is 3.64. The first-order valence-corrected chi connectivity index (χ1v) is 6.14. The Bertz CT molecular complexity index is 466. The Kier molecular flexibility index (Phi) is 3.30. The van der Waals surface area contributed by atoms with Crippen molar-refractivity contribution >= 4 is 10.1 Å². The summed E-state index contributed by atoms with van der Waals surface area (Å²) in [5.41, 5.74) is 0.952. The van der Waals surface area contributed by atoms with Crippen LogP contribution in [0.25, 0.3) is 0 Å². The number of hydrogen-bond donors (Lipinski definition) is 0. The van der Waals surface area contributed by atoms with Crippen molar-refractivity contribution in [2.24, 2.45) is 0 Å². The van der Waals surface area contributed by atoms with Crippen LogP contribution in [0.3, 0.4) is 0 Å². The number of benzene rings is 1. The van der Waals surface area contributed by atoms with Crippen LogP contribution in [0.4, 0.5) is 0 Å². The highest BCUT2D eigenvalue weighted by Gasteiger charge is 2.13. The minimum atomic E-state index is -3.86. The number of rotatable bonds is 5. The van der Waals surface area contributed by atoms with Gasteiger partial charge in [-0.3, -0.25) is 4.18 Å². The molecule has 15 heavy (non-hydrogen) atoms. The SMILES string of the molecule is [2H]C([2H])(CC)COS(=O)(=O)c1ccc(C)cc1. The molecular formula is C11H16O3S. The molecule has 1 rings (SSSR count). The molecule has 0 radical (unpaired) electrons. The van der Waals surface area contributed by atoms with Crippen molar-refractivity contribution in [2.75, 3.05) is 6.61 Å². The van der Waals surface area contributed by atoms with E-state index in [0.29, 0.717) is 0 Å². The van der Waals surface area contributed by atoms with Gasteiger partial charge in [0.05, 0.1) is 11.5 Å². The van der Waals surface area contributed by atoms with Crippen molar-refractivity contribution < 1.29 is 15.3 Å². The van der Waals surface area contributed by atoms with E-state index in [2.05, 4.69) is 0 Å². The molecule has 0 saturated carbocycles. The fraction of sp³-hybridized carbons (Fsp3) is 0.455. The van der Waals surface area contributed by atoms with Crippen LogP contribution in [0.15, 0.2) is 29.2 Å². The van der Waals surface area contributed by atoms with Gasteiger partial charge < -0.3 is 0 Å². The van der Waals surface area contributed by atoms with E-state index in [1.165, 1.54) is 12.1 Å². The fourth-order valence-electron chi connectivity index (χ4n) is 0.994. The Balaban J connectivity index is 2.79. The summed E-state index contributed by atoms with van der Waals surface area (Å²) in [6.07, 6.45) is -1.42. The third-order valence-corrected chi connectivity index (χ3v) is 3.15. The van der Waals surface area contributed by atoms with Crippen LogP contribution < -0.4 is 0 Å². The second-order valence-electron chi connectivity index (χ2n) is 3.13. The smallest absolute Gasteiger partial charge is 0.266 e. The molecule has 0 aliphatic rings. The fourth-order valence-corrected chi connectivity index (χ4v) is 1.84. The zero-order valence-electron chi connectivity index (χ0n) is 10.9. The van der Waals surface area contributed by atoms with Gasteiger partial charge in [-0.15, -0.1) is 0 Å². The summed E-state index contributed by atoms with van der Waals surface area (Å²) in [7, 11) is -3.86. The monoisotopic (exact) mass is 230 g/mol. The maximum absolute atomic E-state index is 11.7. The Hall–Kier alpha value is -0.870. The van der Waals surface area contributed by atoms with Gasteiger partial charge in [0, 0.05) is 2.74 Å². The van der Waals surface area contributed by atoms with Crippen molar-refractivity contribution in [2.45, 2.75) is 31.5 Å². The van der Waals surface area contributed by atoms with Gasteiger partial charge in [0.1, 0.15) is 0 Å². The van der Waals surface area contributed by atoms with E-state index < -0.39 is 23.1 Å². The Morgan fingerprint density at radius 3 is 2.47 bits per heavy atom. The molecule has 0 spiro atoms. The molecule has 84 valence electrons. The molecule has 0 N–H and O–H groups in total. The first kappa shape index (κ1) is 9.36. The highest BCUT2D eigenvalue weighted by molar-refractivity contribution is 7.86. The first-order chi connectivity index (χ1) is 7.77. The molecular weight excluding hydrogens is 212 g/mol. The van der Waals surface area contributed by atoms with Gasteiger partial charge in [-0.2, -0.15) is 8.42 Å². The Morgan fingerprint density at radius 1 is 1.33 bits per heavy atom.